The highest BCUT2D eigenvalue weighted by atomic mass is 32.2. The minimum atomic E-state index is -1.40. The molecule has 0 radical (unpaired) electrons. The number of methoxy groups -OCH3 is 3. The molecular weight excluding hydrogens is 621 g/mol. The van der Waals surface area contributed by atoms with Crippen molar-refractivity contribution in [2.45, 2.75) is 83.9 Å². The van der Waals surface area contributed by atoms with Crippen molar-refractivity contribution in [2.75, 3.05) is 21.3 Å². The first-order chi connectivity index (χ1) is 22.0. The Kier molecular flexibility index (Phi) is 11.3. The first-order valence-corrected chi connectivity index (χ1v) is 18.6. The lowest BCUT2D eigenvalue weighted by Gasteiger charge is -2.34. The molecule has 0 aromatic heterocycles. The summed E-state index contributed by atoms with van der Waals surface area (Å²) in [4.78, 5) is 0. The van der Waals surface area contributed by atoms with Gasteiger partial charge in [-0.3, -0.25) is 0 Å². The van der Waals surface area contributed by atoms with Gasteiger partial charge >= 0.3 is 0 Å². The van der Waals surface area contributed by atoms with E-state index in [-0.39, 0.29) is 10.8 Å². The molecule has 252 valence electrons. The molecule has 4 rings (SSSR count). The fourth-order valence-electron chi connectivity index (χ4n) is 5.64. The summed E-state index contributed by atoms with van der Waals surface area (Å²) >= 11 is 0. The number of rotatable bonds is 10. The van der Waals surface area contributed by atoms with E-state index >= 15 is 0 Å². The zero-order valence-corrected chi connectivity index (χ0v) is 31.9. The average Bonchev–Trinajstić information content (AvgIpc) is 3.02. The van der Waals surface area contributed by atoms with Gasteiger partial charge in [-0.2, -0.15) is 0 Å². The van der Waals surface area contributed by atoms with Crippen LogP contribution in [0.4, 0.5) is 0 Å². The van der Waals surface area contributed by atoms with E-state index in [0.717, 1.165) is 33.3 Å². The lowest BCUT2D eigenvalue weighted by molar-refractivity contribution is 0.354. The molecule has 1 N–H and O–H groups in total. The maximum Gasteiger partial charge on any atom is 0.161 e. The molecule has 0 aliphatic heterocycles. The Bertz CT molecular complexity index is 1610. The molecule has 0 unspecified atom stereocenters. The summed E-state index contributed by atoms with van der Waals surface area (Å²) in [5, 5.41) is 3.51. The topological polar surface area (TPSA) is 56.8 Å². The highest BCUT2D eigenvalue weighted by molar-refractivity contribution is 7.84. The van der Waals surface area contributed by atoms with Crippen molar-refractivity contribution in [2.24, 2.45) is 0 Å². The highest BCUT2D eigenvalue weighted by Crippen LogP contribution is 2.45. The number of benzene rings is 4. The maximum absolute atomic E-state index is 14.1. The normalized spacial score (nSPS) is 13.7. The third-order valence-electron chi connectivity index (χ3n) is 8.16. The third kappa shape index (κ3) is 8.28. The van der Waals surface area contributed by atoms with Crippen molar-refractivity contribution >= 4 is 34.8 Å². The quantitative estimate of drug-likeness (QED) is 0.173. The van der Waals surface area contributed by atoms with Gasteiger partial charge in [0.05, 0.1) is 43.1 Å². The van der Waals surface area contributed by atoms with Crippen LogP contribution in [0.5, 0.6) is 17.2 Å². The zero-order valence-electron chi connectivity index (χ0n) is 30.1. The Morgan fingerprint density at radius 1 is 0.638 bits per heavy atom. The minimum absolute atomic E-state index is 0.212. The highest BCUT2D eigenvalue weighted by Gasteiger charge is 2.34. The minimum Gasteiger partial charge on any atom is -0.496 e. The molecule has 7 heteroatoms. The van der Waals surface area contributed by atoms with Crippen LogP contribution in [0.15, 0.2) is 84.9 Å². The monoisotopic (exact) mass is 673 g/mol. The number of ether oxygens (including phenoxy) is 3. The lowest BCUT2D eigenvalue weighted by Crippen LogP contribution is -2.38. The molecule has 0 bridgehead atoms. The summed E-state index contributed by atoms with van der Waals surface area (Å²) in [6.45, 7) is 19.3. The van der Waals surface area contributed by atoms with Gasteiger partial charge in [0, 0.05) is 11.1 Å². The van der Waals surface area contributed by atoms with Gasteiger partial charge in [-0.05, 0) is 90.8 Å². The van der Waals surface area contributed by atoms with Crippen LogP contribution in [0, 0.1) is 0 Å². The molecule has 0 saturated heterocycles. The zero-order chi connectivity index (χ0) is 34.7. The van der Waals surface area contributed by atoms with Gasteiger partial charge in [0.2, 0.25) is 0 Å². The van der Waals surface area contributed by atoms with Gasteiger partial charge in [-0.15, -0.1) is 0 Å². The number of hydrogen-bond donors (Lipinski definition) is 1. The van der Waals surface area contributed by atoms with Crippen LogP contribution in [-0.4, -0.2) is 30.3 Å². The molecular formula is C40H52NO4PS. The third-order valence-corrected chi connectivity index (χ3v) is 12.2. The Morgan fingerprint density at radius 3 is 1.47 bits per heavy atom. The van der Waals surface area contributed by atoms with Crippen molar-refractivity contribution in [1.82, 2.24) is 4.72 Å². The number of hydrogen-bond acceptors (Lipinski definition) is 4. The largest absolute Gasteiger partial charge is 0.496 e. The molecule has 0 spiro atoms. The van der Waals surface area contributed by atoms with Crippen LogP contribution in [0.2, 0.25) is 0 Å². The molecule has 0 saturated carbocycles. The van der Waals surface area contributed by atoms with Gasteiger partial charge in [-0.25, -0.2) is 8.93 Å². The lowest BCUT2D eigenvalue weighted by atomic mass is 9.77. The second-order valence-corrected chi connectivity index (χ2v) is 19.0. The standard InChI is InChI=1S/C40H52NO4PS/c1-38(2,3)31-23-27(24-32(37(31)45-12)39(4,5)6)36(41-47(42)40(7,8)9)30-25-33(43-10)34(44-11)26-35(30)46(28-19-15-13-16-20-28)29-21-17-14-18-22-29/h13-26,36,41H,1-12H3/t36-,47+/m0/s1. The van der Waals surface area contributed by atoms with Crippen molar-refractivity contribution in [1.29, 1.82) is 0 Å². The second-order valence-electron chi connectivity index (χ2n) is 14.9. The predicted octanol–water partition coefficient (Wildman–Crippen LogP) is 8.21. The summed E-state index contributed by atoms with van der Waals surface area (Å²) in [6, 6.07) is 29.4. The molecule has 0 aliphatic rings. The fraction of sp³-hybridized carbons (Fsp3) is 0.400. The van der Waals surface area contributed by atoms with Gasteiger partial charge in [-0.1, -0.05) is 102 Å². The second kappa shape index (κ2) is 14.5. The van der Waals surface area contributed by atoms with Crippen molar-refractivity contribution in [3.8, 4) is 17.2 Å². The summed E-state index contributed by atoms with van der Waals surface area (Å²) in [6.07, 6.45) is 0. The van der Waals surface area contributed by atoms with Crippen LogP contribution < -0.4 is 34.8 Å². The van der Waals surface area contributed by atoms with Gasteiger partial charge in [0.25, 0.3) is 0 Å². The average molecular weight is 674 g/mol. The van der Waals surface area contributed by atoms with Crippen LogP contribution in [0.1, 0.15) is 90.6 Å². The maximum atomic E-state index is 14.1. The Balaban J connectivity index is 2.18. The van der Waals surface area contributed by atoms with E-state index in [2.05, 4.69) is 119 Å². The summed E-state index contributed by atoms with van der Waals surface area (Å²) in [5.74, 6) is 2.17. The SMILES string of the molecule is COc1cc([C@@H](N[S@](=O)C(C)(C)C)c2cc(C(C)(C)C)c(OC)c(C(C)(C)C)c2)c(P(c2ccccc2)c2ccccc2)cc1OC. The summed E-state index contributed by atoms with van der Waals surface area (Å²) in [7, 11) is 2.64. The summed E-state index contributed by atoms with van der Waals surface area (Å²) < 4.78 is 35.2. The van der Waals surface area contributed by atoms with E-state index in [1.54, 1.807) is 21.3 Å². The van der Waals surface area contributed by atoms with Crippen LogP contribution in [0.25, 0.3) is 0 Å². The van der Waals surface area contributed by atoms with Crippen LogP contribution in [-0.2, 0) is 21.8 Å². The molecule has 5 nitrogen and oxygen atoms in total. The van der Waals surface area contributed by atoms with Crippen LogP contribution >= 0.6 is 7.92 Å². The van der Waals surface area contributed by atoms with Gasteiger partial charge in [0.1, 0.15) is 5.75 Å². The molecule has 0 aliphatic carbocycles. The van der Waals surface area contributed by atoms with E-state index in [1.165, 1.54) is 10.6 Å². The molecule has 47 heavy (non-hydrogen) atoms. The van der Waals surface area contributed by atoms with Crippen molar-refractivity contribution in [3.05, 3.63) is 107 Å². The van der Waals surface area contributed by atoms with E-state index in [1.807, 2.05) is 32.9 Å². The Hall–Kier alpha value is -3.18. The Labute approximate surface area is 286 Å². The van der Waals surface area contributed by atoms with Crippen molar-refractivity contribution in [3.63, 3.8) is 0 Å². The van der Waals surface area contributed by atoms with Gasteiger partial charge < -0.3 is 14.2 Å². The number of nitrogens with one attached hydrogen (secondary N) is 1. The molecule has 0 amide bonds. The fourth-order valence-corrected chi connectivity index (χ4v) is 8.96. The van der Waals surface area contributed by atoms with Crippen molar-refractivity contribution < 1.29 is 18.4 Å². The first kappa shape index (κ1) is 36.7. The molecule has 0 heterocycles. The Morgan fingerprint density at radius 2 is 1.09 bits per heavy atom. The van der Waals surface area contributed by atoms with Crippen LogP contribution in [0.3, 0.4) is 0 Å². The first-order valence-electron chi connectivity index (χ1n) is 16.1. The predicted molar refractivity (Wildman–Crippen MR) is 202 cm³/mol. The smallest absolute Gasteiger partial charge is 0.161 e. The van der Waals surface area contributed by atoms with E-state index in [4.69, 9.17) is 14.2 Å². The van der Waals surface area contributed by atoms with E-state index in [9.17, 15) is 4.21 Å². The van der Waals surface area contributed by atoms with E-state index < -0.39 is 29.7 Å². The molecule has 4 aromatic carbocycles. The van der Waals surface area contributed by atoms with E-state index in [0.29, 0.717) is 11.5 Å². The van der Waals surface area contributed by atoms with Gasteiger partial charge in [0.15, 0.2) is 11.5 Å². The summed E-state index contributed by atoms with van der Waals surface area (Å²) in [5.41, 5.74) is 3.79. The molecule has 2 atom stereocenters. The molecule has 0 fully saturated rings. The molecule has 4 aromatic rings.